The molecule has 1 heterocycles. The van der Waals surface area contributed by atoms with E-state index in [9.17, 15) is 4.39 Å². The summed E-state index contributed by atoms with van der Waals surface area (Å²) in [5, 5.41) is 3.54. The molecule has 0 radical (unpaired) electrons. The second kappa shape index (κ2) is 5.44. The number of benzene rings is 1. The molecule has 0 aliphatic carbocycles. The summed E-state index contributed by atoms with van der Waals surface area (Å²) in [6.45, 7) is 2.99. The van der Waals surface area contributed by atoms with Gasteiger partial charge in [0.25, 0.3) is 0 Å². The average molecular weight is 221 g/mol. The summed E-state index contributed by atoms with van der Waals surface area (Å²) in [5.41, 5.74) is 2.01. The number of aryl methyl sites for hydroxylation is 2. The van der Waals surface area contributed by atoms with Crippen LogP contribution in [0.2, 0.25) is 0 Å². The van der Waals surface area contributed by atoms with Crippen LogP contribution >= 0.6 is 0 Å². The minimum absolute atomic E-state index is 0.0976. The Morgan fingerprint density at radius 3 is 2.94 bits per heavy atom. The zero-order valence-electron chi connectivity index (χ0n) is 9.93. The van der Waals surface area contributed by atoms with Gasteiger partial charge in [0.2, 0.25) is 0 Å². The van der Waals surface area contributed by atoms with Crippen molar-refractivity contribution in [3.63, 3.8) is 0 Å². The van der Waals surface area contributed by atoms with Crippen molar-refractivity contribution in [2.75, 3.05) is 6.54 Å². The van der Waals surface area contributed by atoms with Crippen molar-refractivity contribution in [3.05, 3.63) is 35.1 Å². The van der Waals surface area contributed by atoms with Gasteiger partial charge in [-0.3, -0.25) is 0 Å². The highest BCUT2D eigenvalue weighted by Crippen LogP contribution is 2.15. The summed E-state index contributed by atoms with van der Waals surface area (Å²) in [6.07, 6.45) is 6.18. The van der Waals surface area contributed by atoms with Crippen LogP contribution < -0.4 is 5.32 Å². The van der Waals surface area contributed by atoms with Gasteiger partial charge in [0.1, 0.15) is 5.82 Å². The minimum Gasteiger partial charge on any atom is -0.314 e. The van der Waals surface area contributed by atoms with Crippen molar-refractivity contribution >= 4 is 0 Å². The molecule has 1 saturated heterocycles. The Morgan fingerprint density at radius 2 is 2.25 bits per heavy atom. The summed E-state index contributed by atoms with van der Waals surface area (Å²) >= 11 is 0. The summed E-state index contributed by atoms with van der Waals surface area (Å²) in [5.74, 6) is -0.0976. The third-order valence-corrected chi connectivity index (χ3v) is 3.42. The molecule has 0 saturated carbocycles. The Bertz CT molecular complexity index is 343. The van der Waals surface area contributed by atoms with Crippen LogP contribution in [0.3, 0.4) is 0 Å². The molecule has 1 aliphatic rings. The number of halogens is 1. The molecule has 0 amide bonds. The fourth-order valence-electron chi connectivity index (χ4n) is 2.37. The second-order valence-corrected chi connectivity index (χ2v) is 4.77. The lowest BCUT2D eigenvalue weighted by Crippen LogP contribution is -2.34. The summed E-state index contributed by atoms with van der Waals surface area (Å²) in [6, 6.07) is 6.13. The molecule has 1 unspecified atom stereocenters. The summed E-state index contributed by atoms with van der Waals surface area (Å²) in [4.78, 5) is 0. The minimum atomic E-state index is -0.0976. The lowest BCUT2D eigenvalue weighted by molar-refractivity contribution is 0.383. The lowest BCUT2D eigenvalue weighted by atomic mass is 9.97. The highest BCUT2D eigenvalue weighted by atomic mass is 19.1. The molecule has 1 aliphatic heterocycles. The molecule has 1 aromatic rings. The fourth-order valence-corrected chi connectivity index (χ4v) is 2.37. The van der Waals surface area contributed by atoms with Crippen LogP contribution in [0.5, 0.6) is 0 Å². The highest BCUT2D eigenvalue weighted by molar-refractivity contribution is 5.24. The van der Waals surface area contributed by atoms with Crippen LogP contribution in [0.25, 0.3) is 0 Å². The number of nitrogens with one attached hydrogen (secondary N) is 1. The van der Waals surface area contributed by atoms with Gasteiger partial charge in [0.15, 0.2) is 0 Å². The van der Waals surface area contributed by atoms with Gasteiger partial charge in [-0.2, -0.15) is 0 Å². The molecule has 16 heavy (non-hydrogen) atoms. The second-order valence-electron chi connectivity index (χ2n) is 4.77. The van der Waals surface area contributed by atoms with Gasteiger partial charge in [-0.25, -0.2) is 4.39 Å². The molecular weight excluding hydrogens is 201 g/mol. The van der Waals surface area contributed by atoms with Crippen LogP contribution in [-0.4, -0.2) is 12.6 Å². The predicted octanol–water partition coefficient (Wildman–Crippen LogP) is 3.21. The first-order valence-electron chi connectivity index (χ1n) is 6.24. The molecule has 0 bridgehead atoms. The fraction of sp³-hybridized carbons (Fsp3) is 0.571. The standard InChI is InChI=1S/C14H20FN/c1-11-10-12(6-8-14(11)15)5-7-13-4-2-3-9-16-13/h6,8,10,13,16H,2-5,7,9H2,1H3. The molecular formula is C14H20FN. The maximum atomic E-state index is 13.1. The van der Waals surface area contributed by atoms with E-state index in [1.165, 1.54) is 31.2 Å². The Morgan fingerprint density at radius 1 is 1.38 bits per heavy atom. The van der Waals surface area contributed by atoms with Crippen LogP contribution in [0.15, 0.2) is 18.2 Å². The topological polar surface area (TPSA) is 12.0 Å². The smallest absolute Gasteiger partial charge is 0.126 e. The Labute approximate surface area is 97.1 Å². The molecule has 2 rings (SSSR count). The van der Waals surface area contributed by atoms with E-state index >= 15 is 0 Å². The van der Waals surface area contributed by atoms with Crippen LogP contribution in [0.1, 0.15) is 36.8 Å². The third kappa shape index (κ3) is 3.05. The number of piperidine rings is 1. The summed E-state index contributed by atoms with van der Waals surface area (Å²) in [7, 11) is 0. The Hall–Kier alpha value is -0.890. The first-order chi connectivity index (χ1) is 7.75. The van der Waals surface area contributed by atoms with Gasteiger partial charge < -0.3 is 5.32 Å². The van der Waals surface area contributed by atoms with Crippen molar-refractivity contribution in [1.82, 2.24) is 5.32 Å². The molecule has 0 aromatic heterocycles. The van der Waals surface area contributed by atoms with E-state index in [0.29, 0.717) is 6.04 Å². The van der Waals surface area contributed by atoms with E-state index in [-0.39, 0.29) is 5.82 Å². The maximum Gasteiger partial charge on any atom is 0.126 e. The van der Waals surface area contributed by atoms with Crippen LogP contribution in [-0.2, 0) is 6.42 Å². The monoisotopic (exact) mass is 221 g/mol. The van der Waals surface area contributed by atoms with E-state index in [1.54, 1.807) is 6.07 Å². The van der Waals surface area contributed by atoms with Crippen LogP contribution in [0.4, 0.5) is 4.39 Å². The number of hydrogen-bond acceptors (Lipinski definition) is 1. The van der Waals surface area contributed by atoms with Crippen molar-refractivity contribution in [3.8, 4) is 0 Å². The molecule has 2 heteroatoms. The zero-order chi connectivity index (χ0) is 11.4. The molecule has 1 nitrogen and oxygen atoms in total. The van der Waals surface area contributed by atoms with E-state index in [2.05, 4.69) is 5.32 Å². The van der Waals surface area contributed by atoms with Crippen molar-refractivity contribution in [2.24, 2.45) is 0 Å². The van der Waals surface area contributed by atoms with Gasteiger partial charge in [0, 0.05) is 6.04 Å². The largest absolute Gasteiger partial charge is 0.314 e. The van der Waals surface area contributed by atoms with E-state index in [0.717, 1.165) is 18.5 Å². The van der Waals surface area contributed by atoms with Gasteiger partial charge in [-0.1, -0.05) is 18.6 Å². The Kier molecular flexibility index (Phi) is 3.94. The van der Waals surface area contributed by atoms with Gasteiger partial charge in [-0.15, -0.1) is 0 Å². The number of hydrogen-bond donors (Lipinski definition) is 1. The zero-order valence-corrected chi connectivity index (χ0v) is 9.93. The SMILES string of the molecule is Cc1cc(CCC2CCCCN2)ccc1F. The van der Waals surface area contributed by atoms with Gasteiger partial charge in [0.05, 0.1) is 0 Å². The Balaban J connectivity index is 1.86. The molecule has 0 spiro atoms. The van der Waals surface area contributed by atoms with E-state index < -0.39 is 0 Å². The normalized spacial score (nSPS) is 21.0. The van der Waals surface area contributed by atoms with E-state index in [4.69, 9.17) is 0 Å². The first kappa shape index (κ1) is 11.6. The third-order valence-electron chi connectivity index (χ3n) is 3.42. The average Bonchev–Trinajstić information content (AvgIpc) is 2.32. The highest BCUT2D eigenvalue weighted by Gasteiger charge is 2.12. The van der Waals surface area contributed by atoms with Crippen molar-refractivity contribution in [1.29, 1.82) is 0 Å². The van der Waals surface area contributed by atoms with Crippen molar-refractivity contribution in [2.45, 2.75) is 45.1 Å². The summed E-state index contributed by atoms with van der Waals surface area (Å²) < 4.78 is 13.1. The van der Waals surface area contributed by atoms with Crippen LogP contribution in [0, 0.1) is 12.7 Å². The van der Waals surface area contributed by atoms with E-state index in [1.807, 2.05) is 19.1 Å². The first-order valence-corrected chi connectivity index (χ1v) is 6.24. The quantitative estimate of drug-likeness (QED) is 0.826. The molecule has 1 atom stereocenters. The molecule has 1 aromatic carbocycles. The number of rotatable bonds is 3. The lowest BCUT2D eigenvalue weighted by Gasteiger charge is -2.23. The molecule has 88 valence electrons. The van der Waals surface area contributed by atoms with Gasteiger partial charge in [-0.05, 0) is 56.3 Å². The van der Waals surface area contributed by atoms with Gasteiger partial charge >= 0.3 is 0 Å². The molecule has 1 N–H and O–H groups in total. The predicted molar refractivity (Wildman–Crippen MR) is 65.1 cm³/mol. The molecule has 1 fully saturated rings. The van der Waals surface area contributed by atoms with Crippen molar-refractivity contribution < 1.29 is 4.39 Å². The maximum absolute atomic E-state index is 13.1.